The minimum absolute atomic E-state index is 0.0978. The first-order valence-electron chi connectivity index (χ1n) is 8.37. The second kappa shape index (κ2) is 6.53. The monoisotopic (exact) mass is 332 g/mol. The molecular formula is C18H24N2O4. The lowest BCUT2D eigenvalue weighted by molar-refractivity contribution is -0.141. The van der Waals surface area contributed by atoms with Crippen molar-refractivity contribution in [1.29, 1.82) is 0 Å². The molecule has 1 atom stereocenters. The summed E-state index contributed by atoms with van der Waals surface area (Å²) in [7, 11) is 1.89. The Labute approximate surface area is 141 Å². The molecular weight excluding hydrogens is 308 g/mol. The molecule has 2 aliphatic heterocycles. The summed E-state index contributed by atoms with van der Waals surface area (Å²) in [5.74, 6) is -1.62. The first-order chi connectivity index (χ1) is 11.4. The van der Waals surface area contributed by atoms with Gasteiger partial charge in [-0.15, -0.1) is 0 Å². The maximum Gasteiger partial charge on any atom is 0.336 e. The number of carboxylic acid groups (broad SMARTS) is 2. The molecule has 0 bridgehead atoms. The number of carboxylic acids is 2. The van der Waals surface area contributed by atoms with E-state index in [9.17, 15) is 19.8 Å². The predicted octanol–water partition coefficient (Wildman–Crippen LogP) is 1.76. The molecule has 0 unspecified atom stereocenters. The van der Waals surface area contributed by atoms with Crippen LogP contribution in [0.1, 0.15) is 35.2 Å². The van der Waals surface area contributed by atoms with Crippen molar-refractivity contribution in [3.63, 3.8) is 0 Å². The van der Waals surface area contributed by atoms with Gasteiger partial charge in [-0.3, -0.25) is 14.6 Å². The van der Waals surface area contributed by atoms with E-state index in [1.165, 1.54) is 0 Å². The Morgan fingerprint density at radius 2 is 1.88 bits per heavy atom. The molecule has 0 saturated carbocycles. The number of likely N-dealkylation sites (N-methyl/N-ethyl adjacent to an activating group) is 1. The summed E-state index contributed by atoms with van der Waals surface area (Å²) in [6.45, 7) is 3.24. The number of aliphatic carboxylic acids is 1. The summed E-state index contributed by atoms with van der Waals surface area (Å²) < 4.78 is 0. The SMILES string of the molecule is CN1CC2(CCN(Cc3ccccc3C(=O)O)CC2)C[C@@H]1C(=O)O. The quantitative estimate of drug-likeness (QED) is 0.874. The number of likely N-dealkylation sites (tertiary alicyclic amines) is 2. The fourth-order valence-corrected chi connectivity index (χ4v) is 4.20. The van der Waals surface area contributed by atoms with Gasteiger partial charge < -0.3 is 10.2 Å². The maximum absolute atomic E-state index is 11.3. The van der Waals surface area contributed by atoms with Crippen molar-refractivity contribution in [2.45, 2.75) is 31.8 Å². The van der Waals surface area contributed by atoms with E-state index in [-0.39, 0.29) is 11.5 Å². The summed E-state index contributed by atoms with van der Waals surface area (Å²) in [4.78, 5) is 26.9. The van der Waals surface area contributed by atoms with Gasteiger partial charge in [0.15, 0.2) is 0 Å². The van der Waals surface area contributed by atoms with Crippen molar-refractivity contribution in [2.75, 3.05) is 26.7 Å². The highest BCUT2D eigenvalue weighted by Crippen LogP contribution is 2.43. The van der Waals surface area contributed by atoms with Crippen LogP contribution in [0.5, 0.6) is 0 Å². The van der Waals surface area contributed by atoms with Gasteiger partial charge in [0.05, 0.1) is 5.56 Å². The standard InChI is InChI=1S/C18H24N2O4/c1-19-12-18(10-15(19)17(23)24)6-8-20(9-7-18)11-13-4-2-3-5-14(13)16(21)22/h2-5,15H,6-12H2,1H3,(H,21,22)(H,23,24)/t15-/m1/s1. The third-order valence-electron chi connectivity index (χ3n) is 5.59. The molecule has 0 aromatic heterocycles. The molecule has 2 aliphatic rings. The summed E-state index contributed by atoms with van der Waals surface area (Å²) in [6, 6.07) is 6.77. The molecule has 0 aliphatic carbocycles. The van der Waals surface area contributed by atoms with E-state index in [0.717, 1.165) is 44.5 Å². The van der Waals surface area contributed by atoms with Crippen LogP contribution in [0, 0.1) is 5.41 Å². The third-order valence-corrected chi connectivity index (χ3v) is 5.59. The molecule has 0 radical (unpaired) electrons. The largest absolute Gasteiger partial charge is 0.480 e. The van der Waals surface area contributed by atoms with E-state index in [1.54, 1.807) is 12.1 Å². The van der Waals surface area contributed by atoms with Crippen LogP contribution < -0.4 is 0 Å². The van der Waals surface area contributed by atoms with E-state index in [2.05, 4.69) is 4.90 Å². The van der Waals surface area contributed by atoms with Crippen molar-refractivity contribution in [3.8, 4) is 0 Å². The van der Waals surface area contributed by atoms with E-state index >= 15 is 0 Å². The lowest BCUT2D eigenvalue weighted by atomic mass is 9.76. The smallest absolute Gasteiger partial charge is 0.336 e. The molecule has 2 fully saturated rings. The van der Waals surface area contributed by atoms with E-state index < -0.39 is 11.9 Å². The molecule has 6 heteroatoms. The Kier molecular flexibility index (Phi) is 4.60. The molecule has 130 valence electrons. The Hall–Kier alpha value is -1.92. The van der Waals surface area contributed by atoms with Gasteiger partial charge in [-0.2, -0.15) is 0 Å². The van der Waals surface area contributed by atoms with Crippen LogP contribution in [0.15, 0.2) is 24.3 Å². The van der Waals surface area contributed by atoms with Gasteiger partial charge in [0.1, 0.15) is 6.04 Å². The molecule has 24 heavy (non-hydrogen) atoms. The van der Waals surface area contributed by atoms with Crippen LogP contribution in [-0.4, -0.2) is 64.7 Å². The van der Waals surface area contributed by atoms with Gasteiger partial charge in [-0.05, 0) is 56.4 Å². The number of aromatic carboxylic acids is 1. The van der Waals surface area contributed by atoms with Gasteiger partial charge in [-0.1, -0.05) is 18.2 Å². The van der Waals surface area contributed by atoms with Crippen LogP contribution in [-0.2, 0) is 11.3 Å². The molecule has 2 heterocycles. The predicted molar refractivity (Wildman–Crippen MR) is 89.0 cm³/mol. The van der Waals surface area contributed by atoms with Crippen LogP contribution in [0.2, 0.25) is 0 Å². The first-order valence-corrected chi connectivity index (χ1v) is 8.37. The second-order valence-corrected chi connectivity index (χ2v) is 7.21. The normalized spacial score (nSPS) is 24.3. The van der Waals surface area contributed by atoms with Crippen LogP contribution in [0.4, 0.5) is 0 Å². The number of carbonyl (C=O) groups is 2. The number of rotatable bonds is 4. The molecule has 0 amide bonds. The topological polar surface area (TPSA) is 81.1 Å². The van der Waals surface area contributed by atoms with E-state index in [4.69, 9.17) is 0 Å². The average Bonchev–Trinajstić information content (AvgIpc) is 2.87. The van der Waals surface area contributed by atoms with Crippen LogP contribution in [0.3, 0.4) is 0 Å². The van der Waals surface area contributed by atoms with Gasteiger partial charge >= 0.3 is 11.9 Å². The zero-order chi connectivity index (χ0) is 17.3. The minimum atomic E-state index is -0.888. The lowest BCUT2D eigenvalue weighted by Crippen LogP contribution is -2.41. The first kappa shape index (κ1) is 16.9. The van der Waals surface area contributed by atoms with Crippen molar-refractivity contribution in [2.24, 2.45) is 5.41 Å². The highest BCUT2D eigenvalue weighted by atomic mass is 16.4. The maximum atomic E-state index is 11.3. The zero-order valence-corrected chi connectivity index (χ0v) is 13.9. The lowest BCUT2D eigenvalue weighted by Gasteiger charge is -2.39. The molecule has 6 nitrogen and oxygen atoms in total. The fourth-order valence-electron chi connectivity index (χ4n) is 4.20. The van der Waals surface area contributed by atoms with Gasteiger partial charge in [-0.25, -0.2) is 4.79 Å². The highest BCUT2D eigenvalue weighted by molar-refractivity contribution is 5.89. The van der Waals surface area contributed by atoms with E-state index in [0.29, 0.717) is 12.1 Å². The van der Waals surface area contributed by atoms with Crippen molar-refractivity contribution < 1.29 is 19.8 Å². The number of nitrogens with zero attached hydrogens (tertiary/aromatic N) is 2. The third kappa shape index (κ3) is 3.30. The Balaban J connectivity index is 1.62. The molecule has 2 N–H and O–H groups in total. The average molecular weight is 332 g/mol. The summed E-state index contributed by atoms with van der Waals surface area (Å²) in [5, 5.41) is 18.6. The summed E-state index contributed by atoms with van der Waals surface area (Å²) in [6.07, 6.45) is 2.66. The fraction of sp³-hybridized carbons (Fsp3) is 0.556. The van der Waals surface area contributed by atoms with Gasteiger partial charge in [0, 0.05) is 13.1 Å². The number of benzene rings is 1. The Bertz CT molecular complexity index is 638. The van der Waals surface area contributed by atoms with Crippen molar-refractivity contribution in [3.05, 3.63) is 35.4 Å². The minimum Gasteiger partial charge on any atom is -0.480 e. The second-order valence-electron chi connectivity index (χ2n) is 7.21. The summed E-state index contributed by atoms with van der Waals surface area (Å²) >= 11 is 0. The summed E-state index contributed by atoms with van der Waals surface area (Å²) in [5.41, 5.74) is 1.30. The molecule has 1 aromatic carbocycles. The number of hydrogen-bond acceptors (Lipinski definition) is 4. The zero-order valence-electron chi connectivity index (χ0n) is 13.9. The number of hydrogen-bond donors (Lipinski definition) is 2. The molecule has 1 aromatic rings. The Morgan fingerprint density at radius 3 is 2.46 bits per heavy atom. The van der Waals surface area contributed by atoms with Crippen LogP contribution in [0.25, 0.3) is 0 Å². The van der Waals surface area contributed by atoms with Crippen LogP contribution >= 0.6 is 0 Å². The molecule has 2 saturated heterocycles. The number of piperidine rings is 1. The van der Waals surface area contributed by atoms with Crippen molar-refractivity contribution in [1.82, 2.24) is 9.80 Å². The Morgan fingerprint density at radius 1 is 1.21 bits per heavy atom. The van der Waals surface area contributed by atoms with Crippen molar-refractivity contribution >= 4 is 11.9 Å². The highest BCUT2D eigenvalue weighted by Gasteiger charge is 2.46. The molecule has 1 spiro atoms. The molecule has 3 rings (SSSR count). The van der Waals surface area contributed by atoms with Gasteiger partial charge in [0.2, 0.25) is 0 Å². The van der Waals surface area contributed by atoms with Gasteiger partial charge in [0.25, 0.3) is 0 Å². The van der Waals surface area contributed by atoms with E-state index in [1.807, 2.05) is 24.1 Å².